The van der Waals surface area contributed by atoms with Crippen LogP contribution in [0.25, 0.3) is 5.69 Å². The number of benzene rings is 2. The van der Waals surface area contributed by atoms with E-state index in [4.69, 9.17) is 0 Å². The van der Waals surface area contributed by atoms with Crippen LogP contribution in [0.15, 0.2) is 60.8 Å². The van der Waals surface area contributed by atoms with Gasteiger partial charge in [-0.3, -0.25) is 0 Å². The van der Waals surface area contributed by atoms with E-state index in [1.165, 1.54) is 33.8 Å². The smallest absolute Gasteiger partial charge is 0.308 e. The molecule has 2 aliphatic heterocycles. The lowest BCUT2D eigenvalue weighted by Crippen LogP contribution is -2.20. The molecule has 0 saturated carbocycles. The number of nitrogens with zero attached hydrogens (tertiary/aromatic N) is 3. The Kier molecular flexibility index (Phi) is 4.27. The third-order valence-electron chi connectivity index (χ3n) is 6.24. The van der Waals surface area contributed by atoms with E-state index >= 15 is 0 Å². The van der Waals surface area contributed by atoms with Crippen molar-refractivity contribution in [2.45, 2.75) is 52.2 Å². The molecule has 5 rings (SSSR count). The molecule has 29 heavy (non-hydrogen) atoms. The molecule has 3 nitrogen and oxygen atoms in total. The van der Waals surface area contributed by atoms with Crippen LogP contribution in [-0.2, 0) is 6.54 Å². The van der Waals surface area contributed by atoms with E-state index in [1.54, 1.807) is 0 Å². The van der Waals surface area contributed by atoms with Gasteiger partial charge in [0.2, 0.25) is 18.1 Å². The first-order chi connectivity index (χ1) is 14.1. The third-order valence-corrected chi connectivity index (χ3v) is 6.24. The highest BCUT2D eigenvalue weighted by molar-refractivity contribution is 6.12. The molecule has 0 amide bonds. The Morgan fingerprint density at radius 3 is 2.17 bits per heavy atom. The second-order valence-electron chi connectivity index (χ2n) is 8.78. The summed E-state index contributed by atoms with van der Waals surface area (Å²) in [5.41, 5.74) is 8.27. The minimum Gasteiger partial charge on any atom is -0.308 e. The summed E-state index contributed by atoms with van der Waals surface area (Å²) in [7, 11) is 0. The number of hydrogen-bond acceptors (Lipinski definition) is 0. The van der Waals surface area contributed by atoms with Crippen molar-refractivity contribution >= 4 is 18.1 Å². The maximum absolute atomic E-state index is 2.48. The Bertz CT molecular complexity index is 1100. The van der Waals surface area contributed by atoms with Gasteiger partial charge in [-0.2, -0.15) is 4.58 Å². The summed E-state index contributed by atoms with van der Waals surface area (Å²) in [5.74, 6) is 0.956. The molecule has 0 aliphatic carbocycles. The monoisotopic (exact) mass is 383 g/mol. The summed E-state index contributed by atoms with van der Waals surface area (Å²) in [5, 5.41) is 0. The van der Waals surface area contributed by atoms with Crippen LogP contribution in [0.1, 0.15) is 68.1 Å². The van der Waals surface area contributed by atoms with Gasteiger partial charge in [0, 0.05) is 18.3 Å². The molecule has 1 atom stereocenters. The fraction of sp³-hybridized carbons (Fsp3) is 0.308. The van der Waals surface area contributed by atoms with E-state index in [1.807, 2.05) is 0 Å². The molecular formula is C26H29N3+2. The van der Waals surface area contributed by atoms with E-state index in [-0.39, 0.29) is 6.17 Å². The highest BCUT2D eigenvalue weighted by Crippen LogP contribution is 2.40. The van der Waals surface area contributed by atoms with Crippen molar-refractivity contribution in [1.82, 2.24) is 4.57 Å². The minimum absolute atomic E-state index is 0.211. The van der Waals surface area contributed by atoms with Gasteiger partial charge in [-0.05, 0) is 29.0 Å². The lowest BCUT2D eigenvalue weighted by atomic mass is 9.92. The lowest BCUT2D eigenvalue weighted by molar-refractivity contribution is -0.739. The predicted octanol–water partition coefficient (Wildman–Crippen LogP) is 5.75. The molecule has 0 spiro atoms. The van der Waals surface area contributed by atoms with Crippen molar-refractivity contribution in [3.63, 3.8) is 0 Å². The zero-order chi connectivity index (χ0) is 20.1. The number of aromatic nitrogens is 1. The molecule has 146 valence electrons. The summed E-state index contributed by atoms with van der Waals surface area (Å²) in [4.78, 5) is 0. The molecule has 0 N–H and O–H groups in total. The highest BCUT2D eigenvalue weighted by atomic mass is 15.3. The van der Waals surface area contributed by atoms with Crippen LogP contribution < -0.4 is 0 Å². The van der Waals surface area contributed by atoms with Crippen LogP contribution in [0.2, 0.25) is 0 Å². The summed E-state index contributed by atoms with van der Waals surface area (Å²) < 4.78 is 7.32. The number of rotatable bonds is 4. The molecule has 3 aromatic rings. The maximum atomic E-state index is 2.48. The van der Waals surface area contributed by atoms with Gasteiger partial charge in [0.25, 0.3) is 0 Å². The first-order valence-electron chi connectivity index (χ1n) is 10.7. The van der Waals surface area contributed by atoms with Crippen molar-refractivity contribution in [2.75, 3.05) is 0 Å². The van der Waals surface area contributed by atoms with Crippen molar-refractivity contribution in [3.8, 4) is 5.69 Å². The standard InChI is InChI=1S/C26H29N3/c1-18(2)22-11-8-12-23(19(3)4)25(22)29-14-13-20-17-27-15-16-28(26(27)24(20)29)21-9-6-5-7-10-21/h5-16,18-19,26H,17H2,1-4H3/q+2. The second kappa shape index (κ2) is 6.84. The molecule has 3 heterocycles. The fourth-order valence-corrected chi connectivity index (χ4v) is 4.83. The van der Waals surface area contributed by atoms with E-state index in [0.717, 1.165) is 6.54 Å². The Hall–Kier alpha value is -2.94. The van der Waals surface area contributed by atoms with Gasteiger partial charge in [0.05, 0.1) is 11.3 Å². The van der Waals surface area contributed by atoms with E-state index in [2.05, 4.69) is 115 Å². The zero-order valence-corrected chi connectivity index (χ0v) is 17.7. The first-order valence-corrected chi connectivity index (χ1v) is 10.7. The van der Waals surface area contributed by atoms with E-state index in [0.29, 0.717) is 11.8 Å². The molecule has 2 aliphatic rings. The van der Waals surface area contributed by atoms with E-state index < -0.39 is 0 Å². The van der Waals surface area contributed by atoms with Gasteiger partial charge in [-0.15, -0.1) is 4.58 Å². The van der Waals surface area contributed by atoms with Gasteiger partial charge in [-0.25, -0.2) is 0 Å². The lowest BCUT2D eigenvalue weighted by Gasteiger charge is -2.22. The third kappa shape index (κ3) is 2.79. The topological polar surface area (TPSA) is 10.9 Å². The van der Waals surface area contributed by atoms with Gasteiger partial charge in [0.1, 0.15) is 0 Å². The summed E-state index contributed by atoms with van der Waals surface area (Å²) in [6.45, 7) is 10.2. The largest absolute Gasteiger partial charge is 0.391 e. The molecular weight excluding hydrogens is 354 g/mol. The number of para-hydroxylation sites is 2. The Morgan fingerprint density at radius 1 is 0.828 bits per heavy atom. The Labute approximate surface area is 173 Å². The maximum Gasteiger partial charge on any atom is 0.391 e. The van der Waals surface area contributed by atoms with Crippen molar-refractivity contribution < 1.29 is 9.15 Å². The summed E-state index contributed by atoms with van der Waals surface area (Å²) in [6, 6.07) is 19.8. The Balaban J connectivity index is 1.70. The van der Waals surface area contributed by atoms with Crippen LogP contribution in [0.4, 0.5) is 5.69 Å². The molecule has 1 unspecified atom stereocenters. The normalized spacial score (nSPS) is 17.5. The van der Waals surface area contributed by atoms with E-state index in [9.17, 15) is 0 Å². The van der Waals surface area contributed by atoms with Crippen LogP contribution >= 0.6 is 0 Å². The van der Waals surface area contributed by atoms with Crippen LogP contribution in [-0.4, -0.2) is 26.1 Å². The molecule has 2 aromatic carbocycles. The van der Waals surface area contributed by atoms with Crippen molar-refractivity contribution in [3.05, 3.63) is 83.2 Å². The molecule has 0 bridgehead atoms. The first kappa shape index (κ1) is 18.1. The van der Waals surface area contributed by atoms with Crippen LogP contribution in [0, 0.1) is 0 Å². The molecule has 3 heteroatoms. The average molecular weight is 384 g/mol. The van der Waals surface area contributed by atoms with Crippen molar-refractivity contribution in [1.29, 1.82) is 0 Å². The average Bonchev–Trinajstić information content (AvgIpc) is 3.39. The fourth-order valence-electron chi connectivity index (χ4n) is 4.83. The second-order valence-corrected chi connectivity index (χ2v) is 8.78. The quantitative estimate of drug-likeness (QED) is 0.508. The van der Waals surface area contributed by atoms with Crippen LogP contribution in [0.3, 0.4) is 0 Å². The molecule has 0 radical (unpaired) electrons. The zero-order valence-electron chi connectivity index (χ0n) is 17.7. The molecule has 1 aromatic heterocycles. The number of fused-ring (bicyclic) bond motifs is 3. The molecule has 0 saturated heterocycles. The predicted molar refractivity (Wildman–Crippen MR) is 119 cm³/mol. The SMILES string of the molecule is CC(C)c1cccc(C(C)C)c1-n1ccc2c1C1[N+](=CC=[N+]1c1ccccc1)C2. The van der Waals surface area contributed by atoms with Gasteiger partial charge in [0.15, 0.2) is 12.2 Å². The summed E-state index contributed by atoms with van der Waals surface area (Å²) in [6.07, 6.45) is 6.96. The Morgan fingerprint density at radius 2 is 1.52 bits per heavy atom. The van der Waals surface area contributed by atoms with Crippen molar-refractivity contribution in [2.24, 2.45) is 0 Å². The van der Waals surface area contributed by atoms with Gasteiger partial charge >= 0.3 is 6.17 Å². The van der Waals surface area contributed by atoms with Crippen LogP contribution in [0.5, 0.6) is 0 Å². The highest BCUT2D eigenvalue weighted by Gasteiger charge is 2.49. The van der Waals surface area contributed by atoms with Gasteiger partial charge in [-0.1, -0.05) is 64.1 Å². The number of hydrogen-bond donors (Lipinski definition) is 0. The molecule has 0 fully saturated rings. The summed E-state index contributed by atoms with van der Waals surface area (Å²) >= 11 is 0. The van der Waals surface area contributed by atoms with Gasteiger partial charge < -0.3 is 4.57 Å². The minimum atomic E-state index is 0.211.